The Morgan fingerprint density at radius 1 is 1.50 bits per heavy atom. The summed E-state index contributed by atoms with van der Waals surface area (Å²) in [7, 11) is -5.19. The van der Waals surface area contributed by atoms with Crippen LogP contribution in [0.3, 0.4) is 0 Å². The van der Waals surface area contributed by atoms with Gasteiger partial charge in [-0.3, -0.25) is 4.21 Å². The fourth-order valence-corrected chi connectivity index (χ4v) is 3.98. The van der Waals surface area contributed by atoms with Crippen molar-refractivity contribution < 1.29 is 22.5 Å². The highest BCUT2D eigenvalue weighted by molar-refractivity contribution is 7.89. The lowest BCUT2D eigenvalue weighted by Gasteiger charge is -2.14. The molecule has 0 amide bonds. The third kappa shape index (κ3) is 4.29. The molecule has 0 fully saturated rings. The zero-order chi connectivity index (χ0) is 15.5. The van der Waals surface area contributed by atoms with E-state index in [1.807, 2.05) is 0 Å². The minimum absolute atomic E-state index is 0.136. The Morgan fingerprint density at radius 2 is 2.10 bits per heavy atom. The summed E-state index contributed by atoms with van der Waals surface area (Å²) in [6.45, 7) is 1.55. The molecule has 0 saturated heterocycles. The summed E-state index contributed by atoms with van der Waals surface area (Å²) >= 11 is 0. The Labute approximate surface area is 119 Å². The molecule has 0 aliphatic heterocycles. The monoisotopic (exact) mass is 320 g/mol. The molecule has 0 spiro atoms. The normalized spacial score (nSPS) is 14.7. The van der Waals surface area contributed by atoms with Gasteiger partial charge in [0.15, 0.2) is 0 Å². The van der Waals surface area contributed by atoms with E-state index < -0.39 is 38.4 Å². The number of nitrogens with two attached hydrogens (primary N) is 1. The van der Waals surface area contributed by atoms with Crippen LogP contribution in [0.15, 0.2) is 23.1 Å². The van der Waals surface area contributed by atoms with E-state index in [1.54, 1.807) is 6.92 Å². The lowest BCUT2D eigenvalue weighted by Crippen LogP contribution is -2.36. The van der Waals surface area contributed by atoms with Crippen LogP contribution in [0.5, 0.6) is 0 Å². The van der Waals surface area contributed by atoms with E-state index in [2.05, 4.69) is 4.72 Å². The second kappa shape index (κ2) is 6.33. The van der Waals surface area contributed by atoms with Gasteiger partial charge in [0.2, 0.25) is 10.0 Å². The Balaban J connectivity index is 3.16. The van der Waals surface area contributed by atoms with Crippen molar-refractivity contribution in [3.05, 3.63) is 23.8 Å². The number of sulfonamides is 1. The van der Waals surface area contributed by atoms with Crippen molar-refractivity contribution in [1.29, 1.82) is 0 Å². The second-order valence-electron chi connectivity index (χ2n) is 4.32. The van der Waals surface area contributed by atoms with Crippen molar-refractivity contribution in [2.45, 2.75) is 17.9 Å². The standard InChI is InChI=1S/C11H16N2O5S2/c1-7(6-19(2)16)13-20(17,18)10-4-3-8(12)5-9(10)11(14)15/h3-5,7,13H,6,12H2,1-2H3,(H,14,15). The lowest BCUT2D eigenvalue weighted by atomic mass is 10.2. The van der Waals surface area contributed by atoms with Crippen molar-refractivity contribution in [1.82, 2.24) is 4.72 Å². The number of hydrogen-bond donors (Lipinski definition) is 3. The highest BCUT2D eigenvalue weighted by Crippen LogP contribution is 2.19. The van der Waals surface area contributed by atoms with Gasteiger partial charge in [0.05, 0.1) is 10.5 Å². The summed E-state index contributed by atoms with van der Waals surface area (Å²) in [5.41, 5.74) is 5.21. The molecule has 0 aromatic heterocycles. The van der Waals surface area contributed by atoms with Crippen molar-refractivity contribution >= 4 is 32.5 Å². The van der Waals surface area contributed by atoms with Crippen LogP contribution in [0.4, 0.5) is 5.69 Å². The van der Waals surface area contributed by atoms with Crippen LogP contribution < -0.4 is 10.5 Å². The SMILES string of the molecule is CC(CS(C)=O)NS(=O)(=O)c1ccc(N)cc1C(=O)O. The summed E-state index contributed by atoms with van der Waals surface area (Å²) in [6.07, 6.45) is 1.46. The zero-order valence-electron chi connectivity index (χ0n) is 11.0. The Bertz CT molecular complexity index is 642. The fraction of sp³-hybridized carbons (Fsp3) is 0.364. The highest BCUT2D eigenvalue weighted by Gasteiger charge is 2.24. The number of benzene rings is 1. The largest absolute Gasteiger partial charge is 0.478 e. The third-order valence-corrected chi connectivity index (χ3v) is 4.98. The van der Waals surface area contributed by atoms with Gasteiger partial charge in [-0.25, -0.2) is 17.9 Å². The van der Waals surface area contributed by atoms with Crippen LogP contribution in [0.25, 0.3) is 0 Å². The van der Waals surface area contributed by atoms with Crippen LogP contribution in [0.1, 0.15) is 17.3 Å². The van der Waals surface area contributed by atoms with Gasteiger partial charge in [-0.05, 0) is 25.1 Å². The van der Waals surface area contributed by atoms with Gasteiger partial charge in [0.1, 0.15) is 0 Å². The van der Waals surface area contributed by atoms with Crippen molar-refractivity contribution in [3.63, 3.8) is 0 Å². The molecule has 2 unspecified atom stereocenters. The summed E-state index contributed by atoms with van der Waals surface area (Å²) in [5.74, 6) is -1.25. The van der Waals surface area contributed by atoms with E-state index in [0.29, 0.717) is 0 Å². The van der Waals surface area contributed by atoms with Crippen molar-refractivity contribution in [3.8, 4) is 0 Å². The average molecular weight is 320 g/mol. The first-order valence-electron chi connectivity index (χ1n) is 5.58. The molecule has 2 atom stereocenters. The number of nitrogens with one attached hydrogen (secondary N) is 1. The first kappa shape index (κ1) is 16.6. The second-order valence-corrected chi connectivity index (χ2v) is 7.49. The molecule has 0 saturated carbocycles. The molecule has 7 nitrogen and oxygen atoms in total. The molecule has 4 N–H and O–H groups in total. The van der Waals surface area contributed by atoms with E-state index in [9.17, 15) is 17.4 Å². The highest BCUT2D eigenvalue weighted by atomic mass is 32.2. The maximum Gasteiger partial charge on any atom is 0.337 e. The minimum Gasteiger partial charge on any atom is -0.478 e. The molecule has 0 radical (unpaired) electrons. The summed E-state index contributed by atoms with van der Waals surface area (Å²) in [4.78, 5) is 10.7. The van der Waals surface area contributed by atoms with Gasteiger partial charge in [-0.15, -0.1) is 0 Å². The number of rotatable bonds is 6. The molecule has 1 aromatic rings. The van der Waals surface area contributed by atoms with E-state index in [1.165, 1.54) is 12.3 Å². The Morgan fingerprint density at radius 3 is 2.60 bits per heavy atom. The van der Waals surface area contributed by atoms with E-state index in [-0.39, 0.29) is 16.3 Å². The third-order valence-electron chi connectivity index (χ3n) is 2.36. The van der Waals surface area contributed by atoms with Crippen LogP contribution in [0, 0.1) is 0 Å². The molecule has 20 heavy (non-hydrogen) atoms. The maximum absolute atomic E-state index is 12.1. The number of anilines is 1. The zero-order valence-corrected chi connectivity index (χ0v) is 12.6. The molecular weight excluding hydrogens is 304 g/mol. The number of aromatic carboxylic acids is 1. The molecule has 112 valence electrons. The van der Waals surface area contributed by atoms with Gasteiger partial charge in [-0.1, -0.05) is 0 Å². The number of hydrogen-bond acceptors (Lipinski definition) is 5. The smallest absolute Gasteiger partial charge is 0.337 e. The van der Waals surface area contributed by atoms with Crippen LogP contribution >= 0.6 is 0 Å². The quantitative estimate of drug-likeness (QED) is 0.634. The first-order valence-corrected chi connectivity index (χ1v) is 8.79. The summed E-state index contributed by atoms with van der Waals surface area (Å²) in [5, 5.41) is 9.04. The molecule has 9 heteroatoms. The average Bonchev–Trinajstić information content (AvgIpc) is 2.26. The van der Waals surface area contributed by atoms with Crippen molar-refractivity contribution in [2.24, 2.45) is 0 Å². The van der Waals surface area contributed by atoms with Crippen LogP contribution in [-0.4, -0.2) is 41.8 Å². The first-order chi connectivity index (χ1) is 9.13. The van der Waals surface area contributed by atoms with E-state index >= 15 is 0 Å². The molecule has 0 aliphatic carbocycles. The van der Waals surface area contributed by atoms with Gasteiger partial charge >= 0.3 is 5.97 Å². The van der Waals surface area contributed by atoms with Gasteiger partial charge < -0.3 is 10.8 Å². The van der Waals surface area contributed by atoms with Gasteiger partial charge in [-0.2, -0.15) is 0 Å². The van der Waals surface area contributed by atoms with E-state index in [0.717, 1.165) is 12.1 Å². The summed E-state index contributed by atoms with van der Waals surface area (Å²) in [6, 6.07) is 2.95. The Kier molecular flexibility index (Phi) is 5.26. The molecule has 1 rings (SSSR count). The predicted molar refractivity (Wildman–Crippen MR) is 76.5 cm³/mol. The Hall–Kier alpha value is -1.45. The number of carbonyl (C=O) groups is 1. The van der Waals surface area contributed by atoms with Crippen LogP contribution in [0.2, 0.25) is 0 Å². The molecule has 1 aromatic carbocycles. The summed E-state index contributed by atoms with van der Waals surface area (Å²) < 4.78 is 37.6. The predicted octanol–water partition coefficient (Wildman–Crippen LogP) is 0.0123. The van der Waals surface area contributed by atoms with Crippen molar-refractivity contribution in [2.75, 3.05) is 17.7 Å². The minimum atomic E-state index is -4.02. The van der Waals surface area contributed by atoms with Crippen LogP contribution in [-0.2, 0) is 20.8 Å². The number of carboxylic acid groups (broad SMARTS) is 1. The number of carboxylic acids is 1. The molecule has 0 aliphatic rings. The molecule has 0 bridgehead atoms. The topological polar surface area (TPSA) is 127 Å². The molecule has 0 heterocycles. The van der Waals surface area contributed by atoms with Gasteiger partial charge in [0, 0.05) is 34.5 Å². The van der Waals surface area contributed by atoms with E-state index in [4.69, 9.17) is 10.8 Å². The lowest BCUT2D eigenvalue weighted by molar-refractivity contribution is 0.0692. The van der Waals surface area contributed by atoms with Gasteiger partial charge in [0.25, 0.3) is 0 Å². The fourth-order valence-electron chi connectivity index (χ4n) is 1.66. The molecular formula is C11H16N2O5S2. The number of nitrogen functional groups attached to an aromatic ring is 1. The maximum atomic E-state index is 12.1.